The zero-order valence-electron chi connectivity index (χ0n) is 16.8. The van der Waals surface area contributed by atoms with E-state index >= 15 is 0 Å². The summed E-state index contributed by atoms with van der Waals surface area (Å²) < 4.78 is 8.43. The molecule has 30 heavy (non-hydrogen) atoms. The summed E-state index contributed by atoms with van der Waals surface area (Å²) in [4.78, 5) is 16.9. The lowest BCUT2D eigenvalue weighted by Crippen LogP contribution is -2.23. The van der Waals surface area contributed by atoms with Crippen LogP contribution in [-0.2, 0) is 13.7 Å². The van der Waals surface area contributed by atoms with Crippen molar-refractivity contribution in [3.05, 3.63) is 86.9 Å². The maximum absolute atomic E-state index is 12.3. The molecule has 8 heteroatoms. The molecule has 0 aliphatic carbocycles. The highest BCUT2D eigenvalue weighted by molar-refractivity contribution is 6.30. The van der Waals surface area contributed by atoms with Gasteiger partial charge in [-0.15, -0.1) is 0 Å². The van der Waals surface area contributed by atoms with Gasteiger partial charge in [0.2, 0.25) is 5.88 Å². The molecule has 2 aromatic heterocycles. The molecule has 152 valence electrons. The fourth-order valence-electron chi connectivity index (χ4n) is 3.26. The van der Waals surface area contributed by atoms with Gasteiger partial charge in [-0.05, 0) is 59.7 Å². The molecule has 0 fully saturated rings. The first-order valence-electron chi connectivity index (χ1n) is 9.38. The van der Waals surface area contributed by atoms with Gasteiger partial charge in [0.15, 0.2) is 0 Å². The van der Waals surface area contributed by atoms with Crippen LogP contribution < -0.4 is 10.4 Å². The van der Waals surface area contributed by atoms with Crippen LogP contribution >= 0.6 is 11.6 Å². The number of aryl methyl sites for hydroxylation is 3. The Hall–Kier alpha value is -3.45. The van der Waals surface area contributed by atoms with E-state index in [9.17, 15) is 4.79 Å². The topological polar surface area (TPSA) is 74.8 Å². The van der Waals surface area contributed by atoms with Crippen molar-refractivity contribution in [2.24, 2.45) is 7.05 Å². The average molecular weight is 422 g/mol. The van der Waals surface area contributed by atoms with Crippen molar-refractivity contribution in [2.45, 2.75) is 20.5 Å². The van der Waals surface area contributed by atoms with Gasteiger partial charge < -0.3 is 4.74 Å². The smallest absolute Gasteiger partial charge is 0.368 e. The van der Waals surface area contributed by atoms with Gasteiger partial charge in [-0.1, -0.05) is 35.9 Å². The number of hydrogen-bond acceptors (Lipinski definition) is 5. The lowest BCUT2D eigenvalue weighted by atomic mass is 10.0. The van der Waals surface area contributed by atoms with E-state index < -0.39 is 0 Å². The Morgan fingerprint density at radius 2 is 1.83 bits per heavy atom. The number of pyridine rings is 1. The summed E-state index contributed by atoms with van der Waals surface area (Å²) in [6.45, 7) is 4.14. The minimum Gasteiger partial charge on any atom is -0.473 e. The molecule has 0 unspecified atom stereocenters. The molecule has 0 saturated carbocycles. The van der Waals surface area contributed by atoms with E-state index in [0.29, 0.717) is 16.6 Å². The zero-order chi connectivity index (χ0) is 21.3. The van der Waals surface area contributed by atoms with Gasteiger partial charge in [0.05, 0.1) is 5.69 Å². The average Bonchev–Trinajstić information content (AvgIpc) is 3.05. The third-order valence-electron chi connectivity index (χ3n) is 4.90. The normalized spacial score (nSPS) is 10.9. The lowest BCUT2D eigenvalue weighted by Gasteiger charge is -2.13. The van der Waals surface area contributed by atoms with E-state index in [-0.39, 0.29) is 12.3 Å². The standard InChI is InChI=1S/C22H20ClN5O2/c1-14-6-4-9-20(28-22(29)27(3)25-26-28)19(14)13-30-21-11-10-18(15(2)24-21)16-7-5-8-17(23)12-16/h4-12H,13H2,1-3H3. The number of ether oxygens (including phenoxy) is 1. The molecule has 0 saturated heterocycles. The van der Waals surface area contributed by atoms with Crippen LogP contribution in [-0.4, -0.2) is 24.8 Å². The second kappa shape index (κ2) is 8.12. The predicted octanol–water partition coefficient (Wildman–Crippen LogP) is 3.88. The minimum absolute atomic E-state index is 0.244. The molecule has 2 aromatic carbocycles. The van der Waals surface area contributed by atoms with Crippen LogP contribution in [0.4, 0.5) is 0 Å². The van der Waals surface area contributed by atoms with Crippen molar-refractivity contribution in [2.75, 3.05) is 0 Å². The second-order valence-electron chi connectivity index (χ2n) is 6.95. The molecular formula is C22H20ClN5O2. The SMILES string of the molecule is Cc1cccc(-n2nnn(C)c2=O)c1COc1ccc(-c2cccc(Cl)c2)c(C)n1. The molecule has 0 spiro atoms. The van der Waals surface area contributed by atoms with Crippen molar-refractivity contribution < 1.29 is 4.74 Å². The van der Waals surface area contributed by atoms with Crippen LogP contribution in [0.2, 0.25) is 5.02 Å². The molecule has 0 amide bonds. The molecule has 0 aliphatic rings. The highest BCUT2D eigenvalue weighted by atomic mass is 35.5. The molecule has 7 nitrogen and oxygen atoms in total. The van der Waals surface area contributed by atoms with Gasteiger partial charge in [-0.3, -0.25) is 0 Å². The number of hydrogen-bond donors (Lipinski definition) is 0. The lowest BCUT2D eigenvalue weighted by molar-refractivity contribution is 0.292. The summed E-state index contributed by atoms with van der Waals surface area (Å²) in [7, 11) is 1.56. The second-order valence-corrected chi connectivity index (χ2v) is 7.39. The van der Waals surface area contributed by atoms with E-state index in [0.717, 1.165) is 27.9 Å². The molecule has 4 rings (SSSR count). The summed E-state index contributed by atoms with van der Waals surface area (Å²) in [5.41, 5.74) is 4.98. The number of tetrazole rings is 1. The molecule has 2 heterocycles. The van der Waals surface area contributed by atoms with E-state index in [4.69, 9.17) is 16.3 Å². The Bertz CT molecular complexity index is 1280. The van der Waals surface area contributed by atoms with Crippen LogP contribution in [0.25, 0.3) is 16.8 Å². The minimum atomic E-state index is -0.318. The highest BCUT2D eigenvalue weighted by Gasteiger charge is 2.14. The molecular weight excluding hydrogens is 402 g/mol. The largest absolute Gasteiger partial charge is 0.473 e. The van der Waals surface area contributed by atoms with Gasteiger partial charge in [-0.2, -0.15) is 9.36 Å². The Morgan fingerprint density at radius 1 is 1.03 bits per heavy atom. The van der Waals surface area contributed by atoms with Crippen LogP contribution in [0.15, 0.2) is 59.4 Å². The molecule has 0 radical (unpaired) electrons. The molecule has 0 N–H and O–H groups in total. The summed E-state index contributed by atoms with van der Waals surface area (Å²) in [6.07, 6.45) is 0. The number of benzene rings is 2. The summed E-state index contributed by atoms with van der Waals surface area (Å²) >= 11 is 6.11. The van der Waals surface area contributed by atoms with Gasteiger partial charge >= 0.3 is 5.69 Å². The van der Waals surface area contributed by atoms with Gasteiger partial charge in [0.1, 0.15) is 6.61 Å². The quantitative estimate of drug-likeness (QED) is 0.489. The Morgan fingerprint density at radius 3 is 2.53 bits per heavy atom. The van der Waals surface area contributed by atoms with Crippen molar-refractivity contribution in [3.8, 4) is 22.7 Å². The molecule has 0 bridgehead atoms. The van der Waals surface area contributed by atoms with Gasteiger partial charge in [0.25, 0.3) is 0 Å². The van der Waals surface area contributed by atoms with Crippen molar-refractivity contribution >= 4 is 11.6 Å². The first-order valence-corrected chi connectivity index (χ1v) is 9.76. The summed E-state index contributed by atoms with van der Waals surface area (Å²) in [6, 6.07) is 17.1. The molecule has 0 aliphatic heterocycles. The summed E-state index contributed by atoms with van der Waals surface area (Å²) in [5, 5.41) is 8.42. The number of nitrogens with zero attached hydrogens (tertiary/aromatic N) is 5. The maximum atomic E-state index is 12.3. The van der Waals surface area contributed by atoms with Crippen molar-refractivity contribution in [3.63, 3.8) is 0 Å². The molecule has 0 atom stereocenters. The first kappa shape index (κ1) is 19.8. The maximum Gasteiger partial charge on any atom is 0.368 e. The zero-order valence-corrected chi connectivity index (χ0v) is 17.6. The highest BCUT2D eigenvalue weighted by Crippen LogP contribution is 2.27. The van der Waals surface area contributed by atoms with Crippen molar-refractivity contribution in [1.29, 1.82) is 0 Å². The predicted molar refractivity (Wildman–Crippen MR) is 115 cm³/mol. The Labute approximate surface area is 178 Å². The van der Waals surface area contributed by atoms with E-state index in [2.05, 4.69) is 15.4 Å². The number of aromatic nitrogens is 5. The van der Waals surface area contributed by atoms with Gasteiger partial charge in [0, 0.05) is 35.0 Å². The van der Waals surface area contributed by atoms with Crippen LogP contribution in [0.1, 0.15) is 16.8 Å². The Kier molecular flexibility index (Phi) is 5.37. The summed E-state index contributed by atoms with van der Waals surface area (Å²) in [5.74, 6) is 0.499. The van der Waals surface area contributed by atoms with Crippen LogP contribution in [0.5, 0.6) is 5.88 Å². The fraction of sp³-hybridized carbons (Fsp3) is 0.182. The van der Waals surface area contributed by atoms with E-state index in [1.54, 1.807) is 7.05 Å². The number of halogens is 1. The number of rotatable bonds is 5. The van der Waals surface area contributed by atoms with E-state index in [1.165, 1.54) is 9.36 Å². The van der Waals surface area contributed by atoms with E-state index in [1.807, 2.05) is 68.4 Å². The Balaban J connectivity index is 1.61. The third kappa shape index (κ3) is 3.84. The monoisotopic (exact) mass is 421 g/mol. The van der Waals surface area contributed by atoms with Crippen LogP contribution in [0.3, 0.4) is 0 Å². The first-order chi connectivity index (χ1) is 14.4. The molecule has 4 aromatic rings. The van der Waals surface area contributed by atoms with Crippen molar-refractivity contribution in [1.82, 2.24) is 24.8 Å². The van der Waals surface area contributed by atoms with Crippen LogP contribution in [0, 0.1) is 13.8 Å². The third-order valence-corrected chi connectivity index (χ3v) is 5.13. The fourth-order valence-corrected chi connectivity index (χ4v) is 3.45. The van der Waals surface area contributed by atoms with Gasteiger partial charge in [-0.25, -0.2) is 9.78 Å².